The van der Waals surface area contributed by atoms with Gasteiger partial charge in [0.25, 0.3) is 0 Å². The van der Waals surface area contributed by atoms with Gasteiger partial charge in [-0.1, -0.05) is 218 Å². The van der Waals surface area contributed by atoms with Crippen LogP contribution in [0.1, 0.15) is 251 Å². The largest absolute Gasteiger partial charge is 0.394 e. The van der Waals surface area contributed by atoms with E-state index in [-0.39, 0.29) is 12.5 Å². The van der Waals surface area contributed by atoms with Crippen LogP contribution in [0.4, 0.5) is 0 Å². The molecule has 0 spiro atoms. The third kappa shape index (κ3) is 38.9. The molecule has 0 aromatic heterocycles. The highest BCUT2D eigenvalue weighted by molar-refractivity contribution is 5.76. The molecule has 5 nitrogen and oxygen atoms in total. The monoisotopic (exact) mass is 748 g/mol. The molecule has 53 heavy (non-hydrogen) atoms. The molecule has 0 rings (SSSR count). The lowest BCUT2D eigenvalue weighted by Gasteiger charge is -2.26. The van der Waals surface area contributed by atoms with Crippen LogP contribution in [0.3, 0.4) is 0 Å². The van der Waals surface area contributed by atoms with Gasteiger partial charge >= 0.3 is 0 Å². The Labute approximate surface area is 331 Å². The Hall–Kier alpha value is -1.17. The Kier molecular flexibility index (Phi) is 42.6. The lowest BCUT2D eigenvalue weighted by Crippen LogP contribution is -2.50. The maximum atomic E-state index is 12.4. The molecule has 0 aromatic carbocycles. The first-order valence-electron chi connectivity index (χ1n) is 23.6. The number of nitrogens with one attached hydrogen (secondary N) is 1. The van der Waals surface area contributed by atoms with Crippen LogP contribution in [0, 0.1) is 0 Å². The van der Waals surface area contributed by atoms with Crippen molar-refractivity contribution in [2.45, 2.75) is 270 Å². The van der Waals surface area contributed by atoms with Gasteiger partial charge in [0.2, 0.25) is 5.91 Å². The van der Waals surface area contributed by atoms with Crippen molar-refractivity contribution in [3.05, 3.63) is 24.3 Å². The predicted octanol–water partition coefficient (Wildman–Crippen LogP) is 13.8. The summed E-state index contributed by atoms with van der Waals surface area (Å²) in [5, 5.41) is 33.5. The van der Waals surface area contributed by atoms with Gasteiger partial charge in [-0.25, -0.2) is 0 Å². The Morgan fingerprint density at radius 1 is 0.453 bits per heavy atom. The molecule has 0 aromatic rings. The van der Waals surface area contributed by atoms with E-state index in [0.717, 1.165) is 44.9 Å². The van der Waals surface area contributed by atoms with E-state index in [9.17, 15) is 20.1 Å². The second-order valence-electron chi connectivity index (χ2n) is 16.3. The van der Waals surface area contributed by atoms with Crippen molar-refractivity contribution < 1.29 is 20.1 Å². The first-order valence-corrected chi connectivity index (χ1v) is 23.6. The summed E-state index contributed by atoms with van der Waals surface area (Å²) < 4.78 is 0. The molecule has 4 N–H and O–H groups in total. The molecule has 0 aliphatic carbocycles. The Bertz CT molecular complexity index is 784. The van der Waals surface area contributed by atoms with E-state index in [1.54, 1.807) is 0 Å². The fraction of sp³-hybridized carbons (Fsp3) is 0.896. The normalized spacial score (nSPS) is 13.7. The molecule has 0 fully saturated rings. The smallest absolute Gasteiger partial charge is 0.220 e. The van der Waals surface area contributed by atoms with Gasteiger partial charge in [-0.05, 0) is 51.4 Å². The van der Waals surface area contributed by atoms with Gasteiger partial charge in [-0.15, -0.1) is 0 Å². The number of rotatable bonds is 43. The van der Waals surface area contributed by atoms with Gasteiger partial charge in [0, 0.05) is 6.42 Å². The molecule has 3 unspecified atom stereocenters. The van der Waals surface area contributed by atoms with Crippen molar-refractivity contribution in [1.29, 1.82) is 0 Å². The number of hydrogen-bond acceptors (Lipinski definition) is 4. The molecule has 5 heteroatoms. The third-order valence-corrected chi connectivity index (χ3v) is 11.0. The van der Waals surface area contributed by atoms with Crippen LogP contribution >= 0.6 is 0 Å². The van der Waals surface area contributed by atoms with Crippen molar-refractivity contribution in [3.8, 4) is 0 Å². The predicted molar refractivity (Wildman–Crippen MR) is 231 cm³/mol. The molecule has 3 atom stereocenters. The topological polar surface area (TPSA) is 89.8 Å². The van der Waals surface area contributed by atoms with Crippen LogP contribution in [0.15, 0.2) is 24.3 Å². The number of aliphatic hydroxyl groups is 3. The minimum atomic E-state index is -1.16. The van der Waals surface area contributed by atoms with E-state index < -0.39 is 18.2 Å². The van der Waals surface area contributed by atoms with Gasteiger partial charge < -0.3 is 20.6 Å². The van der Waals surface area contributed by atoms with E-state index in [4.69, 9.17) is 0 Å². The fourth-order valence-electron chi connectivity index (χ4n) is 7.36. The number of allylic oxidation sites excluding steroid dienone is 4. The molecule has 314 valence electrons. The Morgan fingerprint density at radius 3 is 1.15 bits per heavy atom. The highest BCUT2D eigenvalue weighted by Gasteiger charge is 2.26. The van der Waals surface area contributed by atoms with Gasteiger partial charge in [0.15, 0.2) is 0 Å². The molecule has 0 radical (unpaired) electrons. The summed E-state index contributed by atoms with van der Waals surface area (Å²) in [7, 11) is 0. The standard InChI is InChI=1S/C48H93NO4/c1-3-5-7-9-11-13-15-17-19-21-22-23-24-25-27-29-31-33-35-37-39-41-43-47(52)49-45(44-50)48(53)46(51)42-40-38-36-34-32-30-28-26-20-18-16-14-12-10-8-6-4-2/h26,28,34,36,45-46,48,50-51,53H,3-25,27,29-33,35,37-44H2,1-2H3,(H,49,52)/b28-26+,36-34+. The summed E-state index contributed by atoms with van der Waals surface area (Å²) in [5.41, 5.74) is 0. The molecule has 0 heterocycles. The quantitative estimate of drug-likeness (QED) is 0.0369. The van der Waals surface area contributed by atoms with E-state index in [2.05, 4.69) is 43.5 Å². The maximum Gasteiger partial charge on any atom is 0.220 e. The molecule has 0 saturated carbocycles. The van der Waals surface area contributed by atoms with Gasteiger partial charge in [0.05, 0.1) is 18.8 Å². The average molecular weight is 748 g/mol. The summed E-state index contributed by atoms with van der Waals surface area (Å²) in [6.45, 7) is 4.18. The number of carbonyl (C=O) groups is 1. The van der Waals surface area contributed by atoms with Crippen LogP contribution in [0.25, 0.3) is 0 Å². The van der Waals surface area contributed by atoms with Crippen molar-refractivity contribution >= 4 is 5.91 Å². The zero-order valence-corrected chi connectivity index (χ0v) is 35.7. The highest BCUT2D eigenvalue weighted by Crippen LogP contribution is 2.16. The Balaban J connectivity index is 3.62. The second-order valence-corrected chi connectivity index (χ2v) is 16.3. The molecular formula is C48H93NO4. The summed E-state index contributed by atoms with van der Waals surface area (Å²) in [6.07, 6.45) is 53.0. The molecule has 0 bridgehead atoms. The second kappa shape index (κ2) is 43.6. The van der Waals surface area contributed by atoms with Crippen LogP contribution in [-0.2, 0) is 4.79 Å². The first kappa shape index (κ1) is 51.8. The van der Waals surface area contributed by atoms with Crippen molar-refractivity contribution in [2.75, 3.05) is 6.61 Å². The van der Waals surface area contributed by atoms with Crippen molar-refractivity contribution in [2.24, 2.45) is 0 Å². The summed E-state index contributed by atoms with van der Waals surface area (Å²) in [5.74, 6) is -0.154. The number of aliphatic hydroxyl groups excluding tert-OH is 3. The van der Waals surface area contributed by atoms with Crippen LogP contribution in [0.5, 0.6) is 0 Å². The van der Waals surface area contributed by atoms with E-state index in [0.29, 0.717) is 12.8 Å². The summed E-state index contributed by atoms with van der Waals surface area (Å²) >= 11 is 0. The van der Waals surface area contributed by atoms with Crippen LogP contribution in [0.2, 0.25) is 0 Å². The van der Waals surface area contributed by atoms with Crippen molar-refractivity contribution in [3.63, 3.8) is 0 Å². The summed E-state index contributed by atoms with van der Waals surface area (Å²) in [6, 6.07) is -0.828. The molecule has 0 aliphatic heterocycles. The van der Waals surface area contributed by atoms with E-state index in [1.165, 1.54) is 180 Å². The minimum Gasteiger partial charge on any atom is -0.394 e. The lowest BCUT2D eigenvalue weighted by molar-refractivity contribution is -0.124. The SMILES string of the molecule is CCCCCCCCCC/C=C/CC/C=C/CCCC(O)C(O)C(CO)NC(=O)CCCCCCCCCCCCCCCCCCCCCCCC. The zero-order valence-electron chi connectivity index (χ0n) is 35.7. The first-order chi connectivity index (χ1) is 26.1. The number of carbonyl (C=O) groups excluding carboxylic acids is 1. The third-order valence-electron chi connectivity index (χ3n) is 11.0. The minimum absolute atomic E-state index is 0.154. The zero-order chi connectivity index (χ0) is 38.7. The van der Waals surface area contributed by atoms with Gasteiger partial charge in [0.1, 0.15) is 6.10 Å². The maximum absolute atomic E-state index is 12.4. The average Bonchev–Trinajstić information content (AvgIpc) is 3.16. The molecular weight excluding hydrogens is 655 g/mol. The van der Waals surface area contributed by atoms with E-state index in [1.807, 2.05) is 0 Å². The van der Waals surface area contributed by atoms with Crippen molar-refractivity contribution in [1.82, 2.24) is 5.32 Å². The van der Waals surface area contributed by atoms with Gasteiger partial charge in [-0.2, -0.15) is 0 Å². The number of amides is 1. The number of hydrogen-bond donors (Lipinski definition) is 4. The molecule has 0 aliphatic rings. The van der Waals surface area contributed by atoms with Crippen LogP contribution in [-0.4, -0.2) is 46.1 Å². The van der Waals surface area contributed by atoms with Gasteiger partial charge in [-0.3, -0.25) is 4.79 Å². The highest BCUT2D eigenvalue weighted by atomic mass is 16.3. The van der Waals surface area contributed by atoms with E-state index >= 15 is 0 Å². The summed E-state index contributed by atoms with van der Waals surface area (Å²) in [4.78, 5) is 12.4. The fourth-order valence-corrected chi connectivity index (χ4v) is 7.36. The Morgan fingerprint density at radius 2 is 0.774 bits per heavy atom. The molecule has 0 saturated heterocycles. The molecule has 1 amide bonds. The lowest BCUT2D eigenvalue weighted by atomic mass is 10.0. The number of unbranched alkanes of at least 4 members (excludes halogenated alkanes) is 31. The van der Waals surface area contributed by atoms with Crippen LogP contribution < -0.4 is 5.32 Å².